The van der Waals surface area contributed by atoms with Gasteiger partial charge in [-0.1, -0.05) is 6.92 Å². The standard InChI is InChI=1S/C16H20I3NO6S/c1-2-5-20(6-3-4-14(21)26-7-8-27(23,24)25)16(22)12-9-11(17)10-13(18)15(12)19/h9-10H,2-8H2,1H3,(H,23,24,25). The first-order chi connectivity index (χ1) is 12.5. The second kappa shape index (κ2) is 12.1. The molecule has 0 radical (unpaired) electrons. The molecule has 1 aromatic rings. The molecule has 0 saturated heterocycles. The lowest BCUT2D eigenvalue weighted by Crippen LogP contribution is -2.33. The van der Waals surface area contributed by atoms with E-state index in [-0.39, 0.29) is 18.9 Å². The van der Waals surface area contributed by atoms with Gasteiger partial charge in [-0.25, -0.2) is 0 Å². The van der Waals surface area contributed by atoms with Crippen molar-refractivity contribution in [1.82, 2.24) is 4.90 Å². The fraction of sp³-hybridized carbons (Fsp3) is 0.500. The van der Waals surface area contributed by atoms with Gasteiger partial charge in [-0.05, 0) is 92.7 Å². The molecule has 0 aliphatic rings. The highest BCUT2D eigenvalue weighted by Crippen LogP contribution is 2.24. The Hall–Kier alpha value is 0.260. The van der Waals surface area contributed by atoms with E-state index < -0.39 is 21.8 Å². The second-order valence-corrected chi connectivity index (χ2v) is 10.7. The molecule has 0 atom stereocenters. The summed E-state index contributed by atoms with van der Waals surface area (Å²) in [6.07, 6.45) is 1.27. The van der Waals surface area contributed by atoms with Gasteiger partial charge in [0.2, 0.25) is 0 Å². The lowest BCUT2D eigenvalue weighted by molar-refractivity contribution is -0.143. The van der Waals surface area contributed by atoms with Gasteiger partial charge in [0.25, 0.3) is 16.0 Å². The lowest BCUT2D eigenvalue weighted by atomic mass is 10.2. The molecule has 0 bridgehead atoms. The molecule has 1 amide bonds. The number of esters is 1. The molecule has 0 aliphatic carbocycles. The SMILES string of the molecule is CCCN(CCCC(=O)OCCS(=O)(=O)O)C(=O)c1cc(I)cc(I)c1I. The number of rotatable bonds is 10. The number of hydrogen-bond acceptors (Lipinski definition) is 5. The summed E-state index contributed by atoms with van der Waals surface area (Å²) in [4.78, 5) is 26.3. The zero-order valence-corrected chi connectivity index (χ0v) is 21.9. The highest BCUT2D eigenvalue weighted by molar-refractivity contribution is 14.1. The van der Waals surface area contributed by atoms with Crippen molar-refractivity contribution in [1.29, 1.82) is 0 Å². The fourth-order valence-electron chi connectivity index (χ4n) is 2.21. The van der Waals surface area contributed by atoms with E-state index in [1.807, 2.05) is 19.1 Å². The maximum atomic E-state index is 12.9. The number of carbonyl (C=O) groups is 2. The van der Waals surface area contributed by atoms with E-state index in [1.54, 1.807) is 4.90 Å². The number of hydrogen-bond donors (Lipinski definition) is 1. The van der Waals surface area contributed by atoms with Gasteiger partial charge in [-0.3, -0.25) is 14.1 Å². The van der Waals surface area contributed by atoms with Crippen LogP contribution in [0.3, 0.4) is 0 Å². The normalized spacial score (nSPS) is 11.3. The molecule has 1 rings (SSSR count). The van der Waals surface area contributed by atoms with Crippen molar-refractivity contribution in [3.05, 3.63) is 28.4 Å². The van der Waals surface area contributed by atoms with Gasteiger partial charge in [0.1, 0.15) is 12.4 Å². The predicted octanol–water partition coefficient (Wildman–Crippen LogP) is 3.56. The summed E-state index contributed by atoms with van der Waals surface area (Å²) < 4.78 is 37.5. The maximum absolute atomic E-state index is 12.9. The van der Waals surface area contributed by atoms with Crippen LogP contribution in [-0.2, 0) is 19.6 Å². The Labute approximate surface area is 200 Å². The Morgan fingerprint density at radius 3 is 2.44 bits per heavy atom. The summed E-state index contributed by atoms with van der Waals surface area (Å²) in [7, 11) is -4.15. The largest absolute Gasteiger partial charge is 0.464 e. The first kappa shape index (κ1) is 25.3. The van der Waals surface area contributed by atoms with Crippen molar-refractivity contribution in [3.8, 4) is 0 Å². The molecule has 0 fully saturated rings. The van der Waals surface area contributed by atoms with E-state index in [2.05, 4.69) is 67.8 Å². The molecule has 27 heavy (non-hydrogen) atoms. The van der Waals surface area contributed by atoms with Crippen molar-refractivity contribution in [2.75, 3.05) is 25.4 Å². The Morgan fingerprint density at radius 2 is 1.85 bits per heavy atom. The van der Waals surface area contributed by atoms with E-state index in [4.69, 9.17) is 9.29 Å². The number of nitrogens with zero attached hydrogens (tertiary/aromatic N) is 1. The van der Waals surface area contributed by atoms with Gasteiger partial charge in [-0.15, -0.1) is 0 Å². The Bertz CT molecular complexity index is 785. The molecule has 0 heterocycles. The number of halogens is 3. The monoisotopic (exact) mass is 735 g/mol. The van der Waals surface area contributed by atoms with Gasteiger partial charge < -0.3 is 9.64 Å². The van der Waals surface area contributed by atoms with Crippen molar-refractivity contribution >= 4 is 89.8 Å². The average molecular weight is 735 g/mol. The molecule has 11 heteroatoms. The Morgan fingerprint density at radius 1 is 1.19 bits per heavy atom. The minimum absolute atomic E-state index is 0.0694. The van der Waals surface area contributed by atoms with E-state index in [1.165, 1.54) is 0 Å². The van der Waals surface area contributed by atoms with Crippen LogP contribution in [0, 0.1) is 10.7 Å². The van der Waals surface area contributed by atoms with Crippen LogP contribution < -0.4 is 0 Å². The van der Waals surface area contributed by atoms with E-state index >= 15 is 0 Å². The van der Waals surface area contributed by atoms with Crippen LogP contribution in [-0.4, -0.2) is 55.2 Å². The van der Waals surface area contributed by atoms with Crippen LogP contribution >= 0.6 is 67.8 Å². The molecule has 1 N–H and O–H groups in total. The van der Waals surface area contributed by atoms with E-state index in [9.17, 15) is 18.0 Å². The van der Waals surface area contributed by atoms with Crippen LogP contribution in [0.15, 0.2) is 12.1 Å². The minimum atomic E-state index is -4.15. The first-order valence-electron chi connectivity index (χ1n) is 8.09. The van der Waals surface area contributed by atoms with Gasteiger partial charge in [0.15, 0.2) is 0 Å². The molecule has 7 nitrogen and oxygen atoms in total. The number of amides is 1. The van der Waals surface area contributed by atoms with Gasteiger partial charge in [0.05, 0.1) is 5.56 Å². The minimum Gasteiger partial charge on any atom is -0.464 e. The summed E-state index contributed by atoms with van der Waals surface area (Å²) in [6, 6.07) is 3.87. The lowest BCUT2D eigenvalue weighted by Gasteiger charge is -2.23. The summed E-state index contributed by atoms with van der Waals surface area (Å²) in [5.41, 5.74) is 0.649. The fourth-order valence-corrected chi connectivity index (χ4v) is 4.89. The molecule has 0 unspecified atom stereocenters. The van der Waals surface area contributed by atoms with Crippen LogP contribution in [0.2, 0.25) is 0 Å². The smallest absolute Gasteiger partial charge is 0.305 e. The van der Waals surface area contributed by atoms with Gasteiger partial charge in [-0.2, -0.15) is 8.42 Å². The summed E-state index contributed by atoms with van der Waals surface area (Å²) in [6.45, 7) is 2.58. The molecular formula is C16H20I3NO6S. The van der Waals surface area contributed by atoms with Crippen molar-refractivity contribution < 1.29 is 27.3 Å². The number of carbonyl (C=O) groups excluding carboxylic acids is 2. The van der Waals surface area contributed by atoms with E-state index in [0.717, 1.165) is 17.1 Å². The molecule has 0 spiro atoms. The average Bonchev–Trinajstić information content (AvgIpc) is 2.55. The Kier molecular flexibility index (Phi) is 11.3. The quantitative estimate of drug-likeness (QED) is 0.171. The second-order valence-electron chi connectivity index (χ2n) is 5.65. The van der Waals surface area contributed by atoms with E-state index in [0.29, 0.717) is 25.1 Å². The zero-order chi connectivity index (χ0) is 20.6. The molecule has 152 valence electrons. The third-order valence-electron chi connectivity index (χ3n) is 3.42. The number of benzene rings is 1. The van der Waals surface area contributed by atoms with Crippen molar-refractivity contribution in [3.63, 3.8) is 0 Å². The maximum Gasteiger partial charge on any atom is 0.305 e. The first-order valence-corrected chi connectivity index (χ1v) is 12.9. The summed E-state index contributed by atoms with van der Waals surface area (Å²) >= 11 is 6.55. The number of ether oxygens (including phenoxy) is 1. The Balaban J connectivity index is 2.64. The topological polar surface area (TPSA) is 101 Å². The zero-order valence-electron chi connectivity index (χ0n) is 14.6. The molecule has 0 aliphatic heterocycles. The van der Waals surface area contributed by atoms with Crippen LogP contribution in [0.4, 0.5) is 0 Å². The molecule has 1 aromatic carbocycles. The van der Waals surface area contributed by atoms with Crippen LogP contribution in [0.5, 0.6) is 0 Å². The predicted molar refractivity (Wildman–Crippen MR) is 127 cm³/mol. The molecule has 0 saturated carbocycles. The van der Waals surface area contributed by atoms with Crippen LogP contribution in [0.25, 0.3) is 0 Å². The summed E-state index contributed by atoms with van der Waals surface area (Å²) in [5, 5.41) is 0. The third kappa shape index (κ3) is 9.54. The van der Waals surface area contributed by atoms with Crippen molar-refractivity contribution in [2.45, 2.75) is 26.2 Å². The molecular weight excluding hydrogens is 715 g/mol. The van der Waals surface area contributed by atoms with Gasteiger partial charge in [0, 0.05) is 30.2 Å². The van der Waals surface area contributed by atoms with Crippen LogP contribution in [0.1, 0.15) is 36.5 Å². The highest BCUT2D eigenvalue weighted by atomic mass is 127. The molecule has 0 aromatic heterocycles. The third-order valence-corrected chi connectivity index (χ3v) is 7.77. The van der Waals surface area contributed by atoms with Crippen molar-refractivity contribution in [2.24, 2.45) is 0 Å². The van der Waals surface area contributed by atoms with Gasteiger partial charge >= 0.3 is 5.97 Å². The summed E-state index contributed by atoms with van der Waals surface area (Å²) in [5.74, 6) is -1.25. The highest BCUT2D eigenvalue weighted by Gasteiger charge is 2.20.